The predicted octanol–water partition coefficient (Wildman–Crippen LogP) is 1.36. The third-order valence-electron chi connectivity index (χ3n) is 3.00. The molecule has 1 aliphatic rings. The molecule has 0 aromatic rings. The molecule has 1 heterocycles. The van der Waals surface area contributed by atoms with Crippen LogP contribution in [0.2, 0.25) is 0 Å². The van der Waals surface area contributed by atoms with Crippen LogP contribution in [-0.4, -0.2) is 48.9 Å². The number of likely N-dealkylation sites (tertiary alicyclic amines) is 1. The van der Waals surface area contributed by atoms with E-state index in [-0.39, 0.29) is 6.09 Å². The van der Waals surface area contributed by atoms with Gasteiger partial charge in [0.15, 0.2) is 0 Å². The molecule has 1 unspecified atom stereocenters. The monoisotopic (exact) mass is 244 g/mol. The molecule has 1 rings (SSSR count). The van der Waals surface area contributed by atoms with E-state index in [4.69, 9.17) is 15.2 Å². The second-order valence-corrected chi connectivity index (χ2v) is 5.60. The van der Waals surface area contributed by atoms with Crippen LogP contribution in [-0.2, 0) is 9.47 Å². The molecular formula is C12H24N2O3. The maximum absolute atomic E-state index is 11.9. The van der Waals surface area contributed by atoms with Crippen molar-refractivity contribution in [2.45, 2.75) is 44.8 Å². The maximum atomic E-state index is 11.9. The minimum absolute atomic E-state index is 0.285. The van der Waals surface area contributed by atoms with E-state index in [9.17, 15) is 4.79 Å². The minimum Gasteiger partial charge on any atom is -0.444 e. The Hall–Kier alpha value is -0.810. The van der Waals surface area contributed by atoms with Crippen LogP contribution in [0.25, 0.3) is 0 Å². The molecule has 100 valence electrons. The van der Waals surface area contributed by atoms with Crippen LogP contribution in [0.1, 0.15) is 33.6 Å². The first-order valence-corrected chi connectivity index (χ1v) is 6.05. The molecule has 0 spiro atoms. The number of methoxy groups -OCH3 is 1. The van der Waals surface area contributed by atoms with Crippen molar-refractivity contribution in [2.24, 2.45) is 5.73 Å². The van der Waals surface area contributed by atoms with E-state index in [1.54, 1.807) is 12.0 Å². The van der Waals surface area contributed by atoms with Gasteiger partial charge in [-0.25, -0.2) is 4.79 Å². The van der Waals surface area contributed by atoms with Crippen LogP contribution < -0.4 is 5.73 Å². The second-order valence-electron chi connectivity index (χ2n) is 5.60. The van der Waals surface area contributed by atoms with Gasteiger partial charge in [-0.3, -0.25) is 0 Å². The zero-order valence-corrected chi connectivity index (χ0v) is 11.3. The highest BCUT2D eigenvalue weighted by Crippen LogP contribution is 2.24. The van der Waals surface area contributed by atoms with Gasteiger partial charge >= 0.3 is 6.09 Å². The molecule has 17 heavy (non-hydrogen) atoms. The minimum atomic E-state index is -0.465. The zero-order chi connectivity index (χ0) is 13.1. The number of hydrogen-bond acceptors (Lipinski definition) is 4. The van der Waals surface area contributed by atoms with Crippen molar-refractivity contribution in [3.8, 4) is 0 Å². The molecule has 0 saturated carbocycles. The molecule has 0 aliphatic carbocycles. The number of nitrogens with two attached hydrogens (primary N) is 1. The Bertz CT molecular complexity index is 269. The number of ether oxygens (including phenoxy) is 2. The molecule has 0 aromatic heterocycles. The van der Waals surface area contributed by atoms with Crippen molar-refractivity contribution < 1.29 is 14.3 Å². The van der Waals surface area contributed by atoms with Gasteiger partial charge < -0.3 is 20.1 Å². The average Bonchev–Trinajstić information content (AvgIpc) is 2.27. The van der Waals surface area contributed by atoms with Crippen LogP contribution in [0, 0.1) is 0 Å². The summed E-state index contributed by atoms with van der Waals surface area (Å²) >= 11 is 0. The number of carbonyl (C=O) groups excluding carboxylic acids is 1. The molecule has 2 N–H and O–H groups in total. The van der Waals surface area contributed by atoms with E-state index in [2.05, 4.69) is 0 Å². The van der Waals surface area contributed by atoms with Gasteiger partial charge in [-0.15, -0.1) is 0 Å². The normalized spacial score (nSPS) is 25.8. The Balaban J connectivity index is 2.63. The van der Waals surface area contributed by atoms with E-state index in [1.807, 2.05) is 20.8 Å². The highest BCUT2D eigenvalue weighted by atomic mass is 16.6. The Labute approximate surface area is 103 Å². The molecule has 1 fully saturated rings. The lowest BCUT2D eigenvalue weighted by molar-refractivity contribution is -0.0626. The van der Waals surface area contributed by atoms with Crippen LogP contribution in [0.5, 0.6) is 0 Å². The van der Waals surface area contributed by atoms with E-state index < -0.39 is 11.2 Å². The SMILES string of the molecule is COC1(CN)CCCN(C(=O)OC(C)(C)C)C1. The molecule has 1 atom stereocenters. The fourth-order valence-corrected chi connectivity index (χ4v) is 2.00. The van der Waals surface area contributed by atoms with E-state index in [1.165, 1.54) is 0 Å². The molecular weight excluding hydrogens is 220 g/mol. The molecule has 0 radical (unpaired) electrons. The Morgan fingerprint density at radius 1 is 1.47 bits per heavy atom. The summed E-state index contributed by atoms with van der Waals surface area (Å²) in [5.41, 5.74) is 4.86. The van der Waals surface area contributed by atoms with Gasteiger partial charge in [0.2, 0.25) is 0 Å². The number of amides is 1. The third-order valence-corrected chi connectivity index (χ3v) is 3.00. The van der Waals surface area contributed by atoms with Crippen molar-refractivity contribution in [3.63, 3.8) is 0 Å². The Morgan fingerprint density at radius 2 is 2.12 bits per heavy atom. The summed E-state index contributed by atoms with van der Waals surface area (Å²) in [6.45, 7) is 7.22. The smallest absolute Gasteiger partial charge is 0.410 e. The summed E-state index contributed by atoms with van der Waals surface area (Å²) in [5.74, 6) is 0. The van der Waals surface area contributed by atoms with Crippen molar-refractivity contribution >= 4 is 6.09 Å². The molecule has 1 saturated heterocycles. The first-order chi connectivity index (χ1) is 7.82. The lowest BCUT2D eigenvalue weighted by Crippen LogP contribution is -2.55. The zero-order valence-electron chi connectivity index (χ0n) is 11.3. The standard InChI is InChI=1S/C12H24N2O3/c1-11(2,3)17-10(15)14-7-5-6-12(8-13,9-14)16-4/h5-9,13H2,1-4H3. The van der Waals surface area contributed by atoms with Crippen LogP contribution in [0.4, 0.5) is 4.79 Å². The van der Waals surface area contributed by atoms with Gasteiger partial charge in [0.05, 0.1) is 12.1 Å². The van der Waals surface area contributed by atoms with Gasteiger partial charge in [0.1, 0.15) is 5.60 Å². The van der Waals surface area contributed by atoms with E-state index in [0.717, 1.165) is 12.8 Å². The summed E-state index contributed by atoms with van der Waals surface area (Å²) in [6.07, 6.45) is 1.50. The summed E-state index contributed by atoms with van der Waals surface area (Å²) in [6, 6.07) is 0. The van der Waals surface area contributed by atoms with Crippen molar-refractivity contribution in [1.29, 1.82) is 0 Å². The predicted molar refractivity (Wildman–Crippen MR) is 65.8 cm³/mol. The largest absolute Gasteiger partial charge is 0.444 e. The number of carbonyl (C=O) groups is 1. The average molecular weight is 244 g/mol. The maximum Gasteiger partial charge on any atom is 0.410 e. The van der Waals surface area contributed by atoms with Gasteiger partial charge in [-0.05, 0) is 33.6 Å². The van der Waals surface area contributed by atoms with Gasteiger partial charge in [-0.2, -0.15) is 0 Å². The van der Waals surface area contributed by atoms with E-state index in [0.29, 0.717) is 19.6 Å². The molecule has 0 aromatic carbocycles. The summed E-state index contributed by atoms with van der Waals surface area (Å²) in [5, 5.41) is 0. The topological polar surface area (TPSA) is 64.8 Å². The van der Waals surface area contributed by atoms with Gasteiger partial charge in [0.25, 0.3) is 0 Å². The van der Waals surface area contributed by atoms with Crippen molar-refractivity contribution in [2.75, 3.05) is 26.7 Å². The number of rotatable bonds is 2. The molecule has 5 nitrogen and oxygen atoms in total. The van der Waals surface area contributed by atoms with Crippen LogP contribution in [0.3, 0.4) is 0 Å². The summed E-state index contributed by atoms with van der Waals surface area (Å²) < 4.78 is 10.8. The van der Waals surface area contributed by atoms with Crippen LogP contribution >= 0.6 is 0 Å². The van der Waals surface area contributed by atoms with Crippen molar-refractivity contribution in [3.05, 3.63) is 0 Å². The fraction of sp³-hybridized carbons (Fsp3) is 0.917. The summed E-state index contributed by atoms with van der Waals surface area (Å²) in [4.78, 5) is 13.6. The van der Waals surface area contributed by atoms with Gasteiger partial charge in [-0.1, -0.05) is 0 Å². The Morgan fingerprint density at radius 3 is 2.59 bits per heavy atom. The van der Waals surface area contributed by atoms with E-state index >= 15 is 0 Å². The molecule has 1 amide bonds. The number of nitrogens with zero attached hydrogens (tertiary/aromatic N) is 1. The number of piperidine rings is 1. The highest BCUT2D eigenvalue weighted by molar-refractivity contribution is 5.68. The van der Waals surface area contributed by atoms with Crippen molar-refractivity contribution in [1.82, 2.24) is 4.90 Å². The van der Waals surface area contributed by atoms with Crippen LogP contribution in [0.15, 0.2) is 0 Å². The first-order valence-electron chi connectivity index (χ1n) is 6.05. The third kappa shape index (κ3) is 3.85. The van der Waals surface area contributed by atoms with Gasteiger partial charge in [0, 0.05) is 20.2 Å². The first kappa shape index (κ1) is 14.3. The second kappa shape index (κ2) is 5.23. The highest BCUT2D eigenvalue weighted by Gasteiger charge is 2.37. The number of hydrogen-bond donors (Lipinski definition) is 1. The molecule has 0 bridgehead atoms. The lowest BCUT2D eigenvalue weighted by Gasteiger charge is -2.41. The lowest BCUT2D eigenvalue weighted by atomic mass is 9.93. The fourth-order valence-electron chi connectivity index (χ4n) is 2.00. The molecule has 5 heteroatoms. The molecule has 1 aliphatic heterocycles. The summed E-state index contributed by atoms with van der Waals surface area (Å²) in [7, 11) is 1.64. The quantitative estimate of drug-likeness (QED) is 0.796. The Kier molecular flexibility index (Phi) is 4.38.